The first-order valence-electron chi connectivity index (χ1n) is 10.5. The Morgan fingerprint density at radius 3 is 2.53 bits per heavy atom. The van der Waals surface area contributed by atoms with E-state index in [4.69, 9.17) is 18.9 Å². The van der Waals surface area contributed by atoms with Crippen LogP contribution < -0.4 is 14.2 Å². The Hall–Kier alpha value is -2.73. The molecular weight excluding hydrogens is 382 g/mol. The molecule has 0 bridgehead atoms. The third-order valence-corrected chi connectivity index (χ3v) is 6.22. The van der Waals surface area contributed by atoms with Crippen LogP contribution in [0.15, 0.2) is 24.3 Å². The van der Waals surface area contributed by atoms with E-state index in [1.807, 2.05) is 25.1 Å². The Balaban J connectivity index is 1.73. The molecule has 2 aliphatic heterocycles. The third kappa shape index (κ3) is 3.49. The number of carbonyl (C=O) groups is 1. The van der Waals surface area contributed by atoms with Crippen LogP contribution in [0.2, 0.25) is 0 Å². The molecule has 4 rings (SSSR count). The number of methoxy groups -OCH3 is 3. The predicted molar refractivity (Wildman–Crippen MR) is 114 cm³/mol. The fourth-order valence-electron chi connectivity index (χ4n) is 4.78. The van der Waals surface area contributed by atoms with Crippen LogP contribution in [0.1, 0.15) is 52.0 Å². The SMILES string of the molecule is CCOC(=O)c1cc2c(cc1OC)CCN1Cc3c(ccc(OC)c3OC)CC[C@@H]21. The average Bonchev–Trinajstić information content (AvgIpc) is 2.96. The van der Waals surface area contributed by atoms with Gasteiger partial charge in [-0.25, -0.2) is 4.79 Å². The summed E-state index contributed by atoms with van der Waals surface area (Å²) in [6.45, 7) is 3.89. The molecular formula is C24H29NO5. The molecule has 0 spiro atoms. The largest absolute Gasteiger partial charge is 0.496 e. The Bertz CT molecular complexity index is 955. The molecule has 0 unspecified atom stereocenters. The zero-order valence-corrected chi connectivity index (χ0v) is 18.1. The number of hydrogen-bond acceptors (Lipinski definition) is 6. The molecule has 0 aliphatic carbocycles. The number of benzene rings is 2. The van der Waals surface area contributed by atoms with Gasteiger partial charge in [-0.3, -0.25) is 4.90 Å². The lowest BCUT2D eigenvalue weighted by molar-refractivity contribution is 0.0522. The van der Waals surface area contributed by atoms with Gasteiger partial charge in [-0.15, -0.1) is 0 Å². The van der Waals surface area contributed by atoms with Gasteiger partial charge in [0.05, 0.1) is 27.9 Å². The van der Waals surface area contributed by atoms with Gasteiger partial charge in [0.15, 0.2) is 11.5 Å². The lowest BCUT2D eigenvalue weighted by Gasteiger charge is -2.36. The highest BCUT2D eigenvalue weighted by atomic mass is 16.5. The highest BCUT2D eigenvalue weighted by molar-refractivity contribution is 5.93. The van der Waals surface area contributed by atoms with Gasteiger partial charge in [-0.05, 0) is 61.1 Å². The van der Waals surface area contributed by atoms with E-state index in [9.17, 15) is 4.79 Å². The summed E-state index contributed by atoms with van der Waals surface area (Å²) in [4.78, 5) is 15.0. The molecule has 2 heterocycles. The summed E-state index contributed by atoms with van der Waals surface area (Å²) < 4.78 is 22.0. The van der Waals surface area contributed by atoms with Crippen molar-refractivity contribution in [1.82, 2.24) is 4.90 Å². The maximum atomic E-state index is 12.5. The van der Waals surface area contributed by atoms with Gasteiger partial charge in [0, 0.05) is 24.7 Å². The zero-order valence-electron chi connectivity index (χ0n) is 18.1. The molecule has 2 aromatic rings. The number of esters is 1. The maximum absolute atomic E-state index is 12.5. The molecule has 0 N–H and O–H groups in total. The molecule has 0 aromatic heterocycles. The second-order valence-corrected chi connectivity index (χ2v) is 7.69. The Morgan fingerprint density at radius 1 is 1.03 bits per heavy atom. The summed E-state index contributed by atoms with van der Waals surface area (Å²) in [5.74, 6) is 1.84. The van der Waals surface area contributed by atoms with E-state index in [0.29, 0.717) is 17.9 Å². The molecule has 30 heavy (non-hydrogen) atoms. The van der Waals surface area contributed by atoms with Crippen LogP contribution in [0.5, 0.6) is 17.2 Å². The normalized spacial score (nSPS) is 17.8. The van der Waals surface area contributed by atoms with Gasteiger partial charge in [-0.1, -0.05) is 6.07 Å². The van der Waals surface area contributed by atoms with E-state index in [1.54, 1.807) is 21.3 Å². The number of aryl methyl sites for hydroxylation is 1. The number of ether oxygens (including phenoxy) is 4. The maximum Gasteiger partial charge on any atom is 0.341 e. The van der Waals surface area contributed by atoms with Gasteiger partial charge >= 0.3 is 5.97 Å². The fourth-order valence-corrected chi connectivity index (χ4v) is 4.78. The van der Waals surface area contributed by atoms with E-state index >= 15 is 0 Å². The van der Waals surface area contributed by atoms with E-state index in [2.05, 4.69) is 11.0 Å². The highest BCUT2D eigenvalue weighted by Gasteiger charge is 2.33. The number of nitrogens with zero attached hydrogens (tertiary/aromatic N) is 1. The standard InChI is InChI=1S/C24H29NO5/c1-5-30-24(26)18-13-17-16(12-22(18)28-3)10-11-25-14-19-15(6-8-20(17)25)7-9-21(27-2)23(19)29-4/h7,9,12-13,20H,5-6,8,10-11,14H2,1-4H3/t20-/m0/s1. The number of carbonyl (C=O) groups excluding carboxylic acids is 1. The minimum absolute atomic E-state index is 0.232. The molecule has 6 nitrogen and oxygen atoms in total. The van der Waals surface area contributed by atoms with Crippen molar-refractivity contribution in [2.75, 3.05) is 34.5 Å². The average molecular weight is 411 g/mol. The summed E-state index contributed by atoms with van der Waals surface area (Å²) in [7, 11) is 4.97. The summed E-state index contributed by atoms with van der Waals surface area (Å²) in [6.07, 6.45) is 2.83. The van der Waals surface area contributed by atoms with Crippen molar-refractivity contribution >= 4 is 5.97 Å². The second-order valence-electron chi connectivity index (χ2n) is 7.69. The molecule has 0 fully saturated rings. The molecule has 0 saturated carbocycles. The van der Waals surface area contributed by atoms with Gasteiger partial charge in [0.1, 0.15) is 11.3 Å². The second kappa shape index (κ2) is 8.56. The smallest absolute Gasteiger partial charge is 0.341 e. The Morgan fingerprint density at radius 2 is 1.83 bits per heavy atom. The van der Waals surface area contributed by atoms with Crippen molar-refractivity contribution in [2.45, 2.75) is 38.8 Å². The summed E-state index contributed by atoms with van der Waals surface area (Å²) >= 11 is 0. The van der Waals surface area contributed by atoms with Crippen molar-refractivity contribution in [2.24, 2.45) is 0 Å². The van der Waals surface area contributed by atoms with Crippen LogP contribution in [-0.2, 0) is 24.1 Å². The molecule has 0 amide bonds. The number of rotatable bonds is 5. The molecule has 0 saturated heterocycles. The first-order valence-corrected chi connectivity index (χ1v) is 10.5. The van der Waals surface area contributed by atoms with Crippen LogP contribution in [0, 0.1) is 0 Å². The van der Waals surface area contributed by atoms with Crippen LogP contribution in [0.4, 0.5) is 0 Å². The van der Waals surface area contributed by atoms with Gasteiger partial charge < -0.3 is 18.9 Å². The summed E-state index contributed by atoms with van der Waals surface area (Å²) in [5, 5.41) is 0. The number of hydrogen-bond donors (Lipinski definition) is 0. The van der Waals surface area contributed by atoms with Crippen LogP contribution in [0.25, 0.3) is 0 Å². The summed E-state index contributed by atoms with van der Waals surface area (Å²) in [6, 6.07) is 8.36. The number of fused-ring (bicyclic) bond motifs is 4. The van der Waals surface area contributed by atoms with Gasteiger partial charge in [0.25, 0.3) is 0 Å². The lowest BCUT2D eigenvalue weighted by Crippen LogP contribution is -2.34. The van der Waals surface area contributed by atoms with Gasteiger partial charge in [-0.2, -0.15) is 0 Å². The van der Waals surface area contributed by atoms with E-state index in [1.165, 1.54) is 22.3 Å². The lowest BCUT2D eigenvalue weighted by atomic mass is 9.88. The highest BCUT2D eigenvalue weighted by Crippen LogP contribution is 2.43. The first kappa shape index (κ1) is 20.5. The van der Waals surface area contributed by atoms with Crippen molar-refractivity contribution in [1.29, 1.82) is 0 Å². The predicted octanol–water partition coefficient (Wildman–Crippen LogP) is 3.93. The van der Waals surface area contributed by atoms with Crippen LogP contribution in [-0.4, -0.2) is 45.4 Å². The van der Waals surface area contributed by atoms with Crippen molar-refractivity contribution < 1.29 is 23.7 Å². The molecule has 1 atom stereocenters. The minimum atomic E-state index is -0.336. The molecule has 6 heteroatoms. The molecule has 2 aromatic carbocycles. The zero-order chi connectivity index (χ0) is 21.3. The monoisotopic (exact) mass is 411 g/mol. The fraction of sp³-hybridized carbons (Fsp3) is 0.458. The van der Waals surface area contributed by atoms with Crippen LogP contribution >= 0.6 is 0 Å². The van der Waals surface area contributed by atoms with Gasteiger partial charge in [0.2, 0.25) is 0 Å². The minimum Gasteiger partial charge on any atom is -0.496 e. The van der Waals surface area contributed by atoms with E-state index in [0.717, 1.165) is 43.9 Å². The quantitative estimate of drug-likeness (QED) is 0.695. The molecule has 0 radical (unpaired) electrons. The van der Waals surface area contributed by atoms with Crippen LogP contribution in [0.3, 0.4) is 0 Å². The van der Waals surface area contributed by atoms with Crippen molar-refractivity contribution in [3.05, 3.63) is 52.1 Å². The van der Waals surface area contributed by atoms with E-state index < -0.39 is 0 Å². The van der Waals surface area contributed by atoms with E-state index in [-0.39, 0.29) is 12.0 Å². The molecule has 2 aliphatic rings. The Labute approximate surface area is 177 Å². The Kier molecular flexibility index (Phi) is 5.86. The van der Waals surface area contributed by atoms with Crippen molar-refractivity contribution in [3.63, 3.8) is 0 Å². The first-order chi connectivity index (χ1) is 14.6. The molecule has 160 valence electrons. The van der Waals surface area contributed by atoms with Crippen molar-refractivity contribution in [3.8, 4) is 17.2 Å². The third-order valence-electron chi connectivity index (χ3n) is 6.22. The topological polar surface area (TPSA) is 57.2 Å². The summed E-state index contributed by atoms with van der Waals surface area (Å²) in [5.41, 5.74) is 5.44.